The normalized spacial score (nSPS) is 12.7. The minimum atomic E-state index is 0.363. The third kappa shape index (κ3) is 3.14. The molecule has 0 saturated carbocycles. The Labute approximate surface area is 118 Å². The molecular formula is C15H18ClNS. The molecule has 0 aliphatic heterocycles. The van der Waals surface area contributed by atoms with Gasteiger partial charge in [0.25, 0.3) is 0 Å². The Morgan fingerprint density at radius 1 is 1.28 bits per heavy atom. The predicted molar refractivity (Wildman–Crippen MR) is 80.7 cm³/mol. The number of benzene rings is 1. The van der Waals surface area contributed by atoms with Crippen molar-refractivity contribution < 1.29 is 0 Å². The van der Waals surface area contributed by atoms with Crippen LogP contribution in [0.25, 0.3) is 0 Å². The molecule has 96 valence electrons. The van der Waals surface area contributed by atoms with E-state index in [2.05, 4.69) is 31.3 Å². The average molecular weight is 280 g/mol. The van der Waals surface area contributed by atoms with Gasteiger partial charge in [-0.25, -0.2) is 0 Å². The molecule has 0 fully saturated rings. The number of thiophene rings is 1. The largest absolute Gasteiger partial charge is 0.312 e. The zero-order valence-corrected chi connectivity index (χ0v) is 12.5. The second-order valence-electron chi connectivity index (χ2n) is 4.58. The monoisotopic (exact) mass is 279 g/mol. The fourth-order valence-electron chi connectivity index (χ4n) is 2.23. The highest BCUT2D eigenvalue weighted by Crippen LogP contribution is 2.29. The van der Waals surface area contributed by atoms with Crippen LogP contribution in [-0.4, -0.2) is 7.05 Å². The van der Waals surface area contributed by atoms with Gasteiger partial charge in [0.1, 0.15) is 0 Å². The molecule has 2 aromatic rings. The van der Waals surface area contributed by atoms with Gasteiger partial charge in [0.05, 0.1) is 0 Å². The molecule has 1 unspecified atom stereocenters. The summed E-state index contributed by atoms with van der Waals surface area (Å²) in [7, 11) is 2.02. The first-order chi connectivity index (χ1) is 8.60. The molecule has 1 aromatic heterocycles. The lowest BCUT2D eigenvalue weighted by Crippen LogP contribution is -2.18. The predicted octanol–water partition coefficient (Wildman–Crippen LogP) is 4.52. The average Bonchev–Trinajstić information content (AvgIpc) is 2.65. The molecule has 18 heavy (non-hydrogen) atoms. The molecule has 1 heterocycles. The van der Waals surface area contributed by atoms with E-state index in [1.165, 1.54) is 20.9 Å². The quantitative estimate of drug-likeness (QED) is 0.868. The van der Waals surface area contributed by atoms with Crippen LogP contribution in [0.1, 0.15) is 26.9 Å². The van der Waals surface area contributed by atoms with Gasteiger partial charge >= 0.3 is 0 Å². The van der Waals surface area contributed by atoms with Gasteiger partial charge in [-0.1, -0.05) is 23.7 Å². The van der Waals surface area contributed by atoms with Crippen molar-refractivity contribution in [3.05, 3.63) is 56.2 Å². The van der Waals surface area contributed by atoms with E-state index in [1.807, 2.05) is 36.6 Å². The van der Waals surface area contributed by atoms with Crippen LogP contribution < -0.4 is 5.32 Å². The van der Waals surface area contributed by atoms with Crippen molar-refractivity contribution in [1.82, 2.24) is 5.32 Å². The molecule has 1 N–H and O–H groups in total. The number of halogens is 1. The lowest BCUT2D eigenvalue weighted by molar-refractivity contribution is 0.599. The third-order valence-corrected chi connectivity index (χ3v) is 4.57. The summed E-state index contributed by atoms with van der Waals surface area (Å²) < 4.78 is 0. The molecule has 0 aliphatic rings. The summed E-state index contributed by atoms with van der Waals surface area (Å²) >= 11 is 7.91. The Hall–Kier alpha value is -0.830. The maximum atomic E-state index is 6.04. The van der Waals surface area contributed by atoms with Crippen LogP contribution in [-0.2, 0) is 6.42 Å². The minimum absolute atomic E-state index is 0.363. The lowest BCUT2D eigenvalue weighted by atomic mass is 10.0. The highest BCUT2D eigenvalue weighted by atomic mass is 35.5. The third-order valence-electron chi connectivity index (χ3n) is 3.07. The molecule has 1 atom stereocenters. The number of nitrogens with one attached hydrogen (secondary N) is 1. The van der Waals surface area contributed by atoms with Crippen LogP contribution >= 0.6 is 22.9 Å². The summed E-state index contributed by atoms with van der Waals surface area (Å²) in [6.07, 6.45) is 0.970. The molecule has 0 saturated heterocycles. The van der Waals surface area contributed by atoms with Gasteiger partial charge < -0.3 is 5.32 Å². The van der Waals surface area contributed by atoms with Crippen molar-refractivity contribution in [2.45, 2.75) is 26.3 Å². The van der Waals surface area contributed by atoms with Crippen LogP contribution in [0.2, 0.25) is 5.02 Å². The van der Waals surface area contributed by atoms with Crippen molar-refractivity contribution in [2.75, 3.05) is 7.05 Å². The zero-order chi connectivity index (χ0) is 13.1. The van der Waals surface area contributed by atoms with E-state index in [0.717, 1.165) is 11.4 Å². The van der Waals surface area contributed by atoms with E-state index >= 15 is 0 Å². The first-order valence-electron chi connectivity index (χ1n) is 6.09. The van der Waals surface area contributed by atoms with Crippen LogP contribution in [0.4, 0.5) is 0 Å². The first-order valence-corrected chi connectivity index (χ1v) is 7.28. The van der Waals surface area contributed by atoms with Crippen LogP contribution in [0.5, 0.6) is 0 Å². The van der Waals surface area contributed by atoms with Crippen molar-refractivity contribution in [2.24, 2.45) is 0 Å². The van der Waals surface area contributed by atoms with Gasteiger partial charge in [-0.15, -0.1) is 11.3 Å². The van der Waals surface area contributed by atoms with E-state index in [4.69, 9.17) is 11.6 Å². The Balaban J connectivity index is 2.22. The fourth-order valence-corrected chi connectivity index (χ4v) is 3.59. The smallest absolute Gasteiger partial charge is 0.0456 e. The topological polar surface area (TPSA) is 12.0 Å². The molecule has 1 aromatic carbocycles. The van der Waals surface area contributed by atoms with E-state index < -0.39 is 0 Å². The van der Waals surface area contributed by atoms with E-state index in [0.29, 0.717) is 6.04 Å². The highest BCUT2D eigenvalue weighted by molar-refractivity contribution is 7.12. The molecule has 0 radical (unpaired) electrons. The Bertz CT molecular complexity index is 533. The van der Waals surface area contributed by atoms with Gasteiger partial charge in [0.2, 0.25) is 0 Å². The van der Waals surface area contributed by atoms with E-state index in [-0.39, 0.29) is 0 Å². The summed E-state index contributed by atoms with van der Waals surface area (Å²) in [5.74, 6) is 0. The minimum Gasteiger partial charge on any atom is -0.312 e. The van der Waals surface area contributed by atoms with Crippen molar-refractivity contribution in [3.63, 3.8) is 0 Å². The maximum Gasteiger partial charge on any atom is 0.0456 e. The number of aryl methyl sites for hydroxylation is 2. The number of likely N-dealkylation sites (N-methyl/N-ethyl adjacent to an activating group) is 1. The zero-order valence-electron chi connectivity index (χ0n) is 11.0. The Morgan fingerprint density at radius 3 is 2.61 bits per heavy atom. The van der Waals surface area contributed by atoms with Crippen LogP contribution in [0.15, 0.2) is 30.3 Å². The van der Waals surface area contributed by atoms with Gasteiger partial charge in [0.15, 0.2) is 0 Å². The van der Waals surface area contributed by atoms with Crippen LogP contribution in [0, 0.1) is 13.8 Å². The van der Waals surface area contributed by atoms with Gasteiger partial charge in [-0.3, -0.25) is 0 Å². The van der Waals surface area contributed by atoms with Crippen molar-refractivity contribution in [3.8, 4) is 0 Å². The van der Waals surface area contributed by atoms with E-state index in [1.54, 1.807) is 0 Å². The SMILES string of the molecule is CNC(Cc1cccc(Cl)c1)c1sc(C)cc1C. The number of hydrogen-bond acceptors (Lipinski definition) is 2. The Kier molecular flexibility index (Phi) is 4.44. The van der Waals surface area contributed by atoms with Gasteiger partial charge in [-0.05, 0) is 56.6 Å². The summed E-state index contributed by atoms with van der Waals surface area (Å²) in [6.45, 7) is 4.34. The molecule has 3 heteroatoms. The maximum absolute atomic E-state index is 6.04. The fraction of sp³-hybridized carbons (Fsp3) is 0.333. The number of hydrogen-bond donors (Lipinski definition) is 1. The molecule has 0 amide bonds. The molecule has 1 nitrogen and oxygen atoms in total. The molecule has 0 aliphatic carbocycles. The van der Waals surface area contributed by atoms with Gasteiger partial charge in [0, 0.05) is 20.8 Å². The molecule has 0 spiro atoms. The molecule has 2 rings (SSSR count). The summed E-state index contributed by atoms with van der Waals surface area (Å²) in [5.41, 5.74) is 2.64. The van der Waals surface area contributed by atoms with Crippen LogP contribution in [0.3, 0.4) is 0 Å². The standard InChI is InChI=1S/C15H18ClNS/c1-10-7-11(2)18-15(10)14(17-3)9-12-5-4-6-13(16)8-12/h4-8,14,17H,9H2,1-3H3. The number of rotatable bonds is 4. The molecular weight excluding hydrogens is 262 g/mol. The Morgan fingerprint density at radius 2 is 2.06 bits per heavy atom. The summed E-state index contributed by atoms with van der Waals surface area (Å²) in [4.78, 5) is 2.80. The lowest BCUT2D eigenvalue weighted by Gasteiger charge is -2.16. The first kappa shape index (κ1) is 13.6. The summed E-state index contributed by atoms with van der Waals surface area (Å²) in [5, 5.41) is 4.21. The summed E-state index contributed by atoms with van der Waals surface area (Å²) in [6, 6.07) is 10.7. The van der Waals surface area contributed by atoms with E-state index in [9.17, 15) is 0 Å². The molecule has 0 bridgehead atoms. The van der Waals surface area contributed by atoms with Gasteiger partial charge in [-0.2, -0.15) is 0 Å². The second kappa shape index (κ2) is 5.87. The second-order valence-corrected chi connectivity index (χ2v) is 6.30. The van der Waals surface area contributed by atoms with Crippen molar-refractivity contribution >= 4 is 22.9 Å². The van der Waals surface area contributed by atoms with Crippen molar-refractivity contribution in [1.29, 1.82) is 0 Å². The highest BCUT2D eigenvalue weighted by Gasteiger charge is 2.15.